The first-order valence-electron chi connectivity index (χ1n) is 6.49. The summed E-state index contributed by atoms with van der Waals surface area (Å²) in [6.45, 7) is 9.04. The maximum absolute atomic E-state index is 10.2. The summed E-state index contributed by atoms with van der Waals surface area (Å²) in [5.74, 6) is 1.79. The molecular formula is C14H24N2O2. The Labute approximate surface area is 109 Å². The summed E-state index contributed by atoms with van der Waals surface area (Å²) in [7, 11) is 0. The van der Waals surface area contributed by atoms with Crippen LogP contribution >= 0.6 is 0 Å². The van der Waals surface area contributed by atoms with Gasteiger partial charge in [-0.15, -0.1) is 0 Å². The Bertz CT molecular complexity index is 365. The van der Waals surface area contributed by atoms with Crippen LogP contribution in [-0.4, -0.2) is 28.8 Å². The maximum atomic E-state index is 10.2. The van der Waals surface area contributed by atoms with Crippen LogP contribution < -0.4 is 10.1 Å². The highest BCUT2D eigenvalue weighted by Crippen LogP contribution is 2.18. The standard InChI is InChI=1S/C14H24N2O2/c1-5-18-13-8-6-7-12(16-13)15-10-14(4,17)9-11(2)3/h6-8,11,17H,5,9-10H2,1-4H3,(H,15,16). The van der Waals surface area contributed by atoms with Gasteiger partial charge in [-0.05, 0) is 32.3 Å². The van der Waals surface area contributed by atoms with Crippen LogP contribution in [0.15, 0.2) is 18.2 Å². The van der Waals surface area contributed by atoms with Crippen molar-refractivity contribution >= 4 is 5.82 Å². The van der Waals surface area contributed by atoms with E-state index >= 15 is 0 Å². The summed E-state index contributed by atoms with van der Waals surface area (Å²) in [6.07, 6.45) is 0.755. The van der Waals surface area contributed by atoms with E-state index in [0.717, 1.165) is 12.2 Å². The number of nitrogens with one attached hydrogen (secondary N) is 1. The molecule has 0 saturated heterocycles. The van der Waals surface area contributed by atoms with Crippen LogP contribution in [-0.2, 0) is 0 Å². The maximum Gasteiger partial charge on any atom is 0.215 e. The Kier molecular flexibility index (Phi) is 5.41. The molecule has 18 heavy (non-hydrogen) atoms. The largest absolute Gasteiger partial charge is 0.478 e. The summed E-state index contributed by atoms with van der Waals surface area (Å²) >= 11 is 0. The molecule has 0 aliphatic carbocycles. The summed E-state index contributed by atoms with van der Waals surface area (Å²) < 4.78 is 5.33. The number of pyridine rings is 1. The molecule has 1 aromatic heterocycles. The molecule has 1 aromatic rings. The third-order valence-corrected chi connectivity index (χ3v) is 2.51. The molecule has 4 heteroatoms. The van der Waals surface area contributed by atoms with Crippen molar-refractivity contribution in [3.05, 3.63) is 18.2 Å². The van der Waals surface area contributed by atoms with Crippen molar-refractivity contribution in [3.8, 4) is 5.88 Å². The van der Waals surface area contributed by atoms with E-state index in [1.165, 1.54) is 0 Å². The first-order valence-corrected chi connectivity index (χ1v) is 6.49. The number of hydrogen-bond donors (Lipinski definition) is 2. The van der Waals surface area contributed by atoms with Crippen LogP contribution in [0.25, 0.3) is 0 Å². The topological polar surface area (TPSA) is 54.4 Å². The van der Waals surface area contributed by atoms with Gasteiger partial charge in [-0.25, -0.2) is 0 Å². The van der Waals surface area contributed by atoms with Gasteiger partial charge in [0.25, 0.3) is 0 Å². The van der Waals surface area contributed by atoms with Crippen molar-refractivity contribution in [3.63, 3.8) is 0 Å². The number of hydrogen-bond acceptors (Lipinski definition) is 4. The summed E-state index contributed by atoms with van der Waals surface area (Å²) in [5, 5.41) is 13.3. The molecule has 0 spiro atoms. The second-order valence-corrected chi connectivity index (χ2v) is 5.24. The second-order valence-electron chi connectivity index (χ2n) is 5.24. The van der Waals surface area contributed by atoms with Crippen molar-refractivity contribution in [2.45, 2.75) is 39.7 Å². The van der Waals surface area contributed by atoms with Gasteiger partial charge in [0.05, 0.1) is 12.2 Å². The molecule has 0 aromatic carbocycles. The number of anilines is 1. The van der Waals surface area contributed by atoms with Gasteiger partial charge in [-0.3, -0.25) is 0 Å². The fraction of sp³-hybridized carbons (Fsp3) is 0.643. The monoisotopic (exact) mass is 252 g/mol. The van der Waals surface area contributed by atoms with Gasteiger partial charge < -0.3 is 15.2 Å². The minimum Gasteiger partial charge on any atom is -0.478 e. The van der Waals surface area contributed by atoms with E-state index in [-0.39, 0.29) is 0 Å². The van der Waals surface area contributed by atoms with E-state index in [1.807, 2.05) is 32.0 Å². The zero-order valence-corrected chi connectivity index (χ0v) is 11.7. The molecule has 2 N–H and O–H groups in total. The average molecular weight is 252 g/mol. The molecule has 0 saturated carbocycles. The average Bonchev–Trinajstić information content (AvgIpc) is 2.26. The lowest BCUT2D eigenvalue weighted by Crippen LogP contribution is -2.35. The van der Waals surface area contributed by atoms with Gasteiger partial charge in [0, 0.05) is 12.6 Å². The summed E-state index contributed by atoms with van der Waals surface area (Å²) in [4.78, 5) is 4.30. The van der Waals surface area contributed by atoms with Crippen molar-refractivity contribution in [2.75, 3.05) is 18.5 Å². The summed E-state index contributed by atoms with van der Waals surface area (Å²) in [6, 6.07) is 5.58. The first kappa shape index (κ1) is 14.8. The van der Waals surface area contributed by atoms with Crippen LogP contribution in [0, 0.1) is 5.92 Å². The molecule has 0 aliphatic heterocycles. The Morgan fingerprint density at radius 3 is 2.78 bits per heavy atom. The predicted molar refractivity (Wildman–Crippen MR) is 74.0 cm³/mol. The fourth-order valence-electron chi connectivity index (χ4n) is 1.97. The van der Waals surface area contributed by atoms with Gasteiger partial charge in [0.15, 0.2) is 0 Å². The second kappa shape index (κ2) is 6.59. The van der Waals surface area contributed by atoms with Gasteiger partial charge in [-0.1, -0.05) is 19.9 Å². The predicted octanol–water partition coefficient (Wildman–Crippen LogP) is 2.69. The lowest BCUT2D eigenvalue weighted by atomic mass is 9.94. The molecule has 0 fully saturated rings. The molecule has 0 amide bonds. The molecule has 1 heterocycles. The number of rotatable bonds is 7. The fourth-order valence-corrected chi connectivity index (χ4v) is 1.97. The Hall–Kier alpha value is -1.29. The molecule has 1 rings (SSSR count). The Morgan fingerprint density at radius 1 is 1.44 bits per heavy atom. The number of aromatic nitrogens is 1. The molecule has 1 atom stereocenters. The highest BCUT2D eigenvalue weighted by Gasteiger charge is 2.21. The minimum absolute atomic E-state index is 0.463. The number of ether oxygens (including phenoxy) is 1. The first-order chi connectivity index (χ1) is 8.43. The van der Waals surface area contributed by atoms with Crippen molar-refractivity contribution in [1.29, 1.82) is 0 Å². The molecular weight excluding hydrogens is 228 g/mol. The van der Waals surface area contributed by atoms with Crippen molar-refractivity contribution in [1.82, 2.24) is 4.98 Å². The van der Waals surface area contributed by atoms with Crippen LogP contribution in [0.4, 0.5) is 5.82 Å². The smallest absolute Gasteiger partial charge is 0.215 e. The van der Waals surface area contributed by atoms with E-state index in [0.29, 0.717) is 24.9 Å². The molecule has 102 valence electrons. The molecule has 1 unspecified atom stereocenters. The number of aliphatic hydroxyl groups is 1. The SMILES string of the molecule is CCOc1cccc(NCC(C)(O)CC(C)C)n1. The van der Waals surface area contributed by atoms with Crippen LogP contribution in [0.2, 0.25) is 0 Å². The third-order valence-electron chi connectivity index (χ3n) is 2.51. The van der Waals surface area contributed by atoms with Crippen LogP contribution in [0.1, 0.15) is 34.1 Å². The van der Waals surface area contributed by atoms with E-state index in [2.05, 4.69) is 24.1 Å². The lowest BCUT2D eigenvalue weighted by molar-refractivity contribution is 0.0514. The zero-order valence-electron chi connectivity index (χ0n) is 11.7. The van der Waals surface area contributed by atoms with Gasteiger partial charge in [-0.2, -0.15) is 4.98 Å². The highest BCUT2D eigenvalue weighted by atomic mass is 16.5. The Morgan fingerprint density at radius 2 is 2.17 bits per heavy atom. The van der Waals surface area contributed by atoms with Crippen LogP contribution in [0.5, 0.6) is 5.88 Å². The van der Waals surface area contributed by atoms with Gasteiger partial charge >= 0.3 is 0 Å². The van der Waals surface area contributed by atoms with Crippen molar-refractivity contribution < 1.29 is 9.84 Å². The normalized spacial score (nSPS) is 14.3. The Balaban J connectivity index is 2.54. The molecule has 0 aliphatic rings. The van der Waals surface area contributed by atoms with E-state index in [1.54, 1.807) is 0 Å². The van der Waals surface area contributed by atoms with Gasteiger partial charge in [0.1, 0.15) is 5.82 Å². The highest BCUT2D eigenvalue weighted by molar-refractivity contribution is 5.37. The third kappa shape index (κ3) is 5.36. The minimum atomic E-state index is -0.725. The lowest BCUT2D eigenvalue weighted by Gasteiger charge is -2.25. The molecule has 0 bridgehead atoms. The molecule has 0 radical (unpaired) electrons. The van der Waals surface area contributed by atoms with E-state index < -0.39 is 5.60 Å². The van der Waals surface area contributed by atoms with E-state index in [9.17, 15) is 5.11 Å². The van der Waals surface area contributed by atoms with Crippen molar-refractivity contribution in [2.24, 2.45) is 5.92 Å². The molecule has 4 nitrogen and oxygen atoms in total. The summed E-state index contributed by atoms with van der Waals surface area (Å²) in [5.41, 5.74) is -0.725. The quantitative estimate of drug-likeness (QED) is 0.783. The van der Waals surface area contributed by atoms with Gasteiger partial charge in [0.2, 0.25) is 5.88 Å². The van der Waals surface area contributed by atoms with E-state index in [4.69, 9.17) is 4.74 Å². The number of nitrogens with zero attached hydrogens (tertiary/aromatic N) is 1. The zero-order chi connectivity index (χ0) is 13.6. The van der Waals surface area contributed by atoms with Crippen LogP contribution in [0.3, 0.4) is 0 Å².